The van der Waals surface area contributed by atoms with Crippen LogP contribution < -0.4 is 0 Å². The summed E-state index contributed by atoms with van der Waals surface area (Å²) in [4.78, 5) is 20.0. The Labute approximate surface area is 109 Å². The van der Waals surface area contributed by atoms with E-state index in [9.17, 15) is 4.79 Å². The summed E-state index contributed by atoms with van der Waals surface area (Å²) in [6.07, 6.45) is 6.66. The summed E-state index contributed by atoms with van der Waals surface area (Å²) in [6, 6.07) is 0. The van der Waals surface area contributed by atoms with Gasteiger partial charge in [0.15, 0.2) is 5.65 Å². The number of carboxylic acid groups (broad SMARTS) is 1. The Morgan fingerprint density at radius 3 is 2.84 bits per heavy atom. The molecule has 0 aliphatic heterocycles. The summed E-state index contributed by atoms with van der Waals surface area (Å²) < 4.78 is 1.74. The first-order chi connectivity index (χ1) is 9.02. The number of aryl methyl sites for hydroxylation is 1. The van der Waals surface area contributed by atoms with Crippen LogP contribution in [0.15, 0.2) is 12.4 Å². The summed E-state index contributed by atoms with van der Waals surface area (Å²) >= 11 is 0. The van der Waals surface area contributed by atoms with Gasteiger partial charge < -0.3 is 5.11 Å². The molecule has 0 atom stereocenters. The molecule has 2 aromatic rings. The van der Waals surface area contributed by atoms with Crippen molar-refractivity contribution in [2.75, 3.05) is 0 Å². The van der Waals surface area contributed by atoms with Crippen molar-refractivity contribution >= 4 is 17.0 Å². The van der Waals surface area contributed by atoms with Gasteiger partial charge in [-0.05, 0) is 24.7 Å². The number of rotatable bonds is 3. The highest BCUT2D eigenvalue weighted by atomic mass is 16.4. The maximum Gasteiger partial charge on any atom is 0.309 e. The van der Waals surface area contributed by atoms with E-state index in [2.05, 4.69) is 15.1 Å². The molecule has 1 N–H and O–H groups in total. The van der Waals surface area contributed by atoms with E-state index < -0.39 is 11.4 Å². The van der Waals surface area contributed by atoms with Gasteiger partial charge in [0.25, 0.3) is 0 Å². The van der Waals surface area contributed by atoms with Crippen LogP contribution in [-0.2, 0) is 18.3 Å². The van der Waals surface area contributed by atoms with Crippen LogP contribution in [0.2, 0.25) is 0 Å². The van der Waals surface area contributed by atoms with E-state index in [-0.39, 0.29) is 5.41 Å². The van der Waals surface area contributed by atoms with E-state index >= 15 is 0 Å². The summed E-state index contributed by atoms with van der Waals surface area (Å²) in [7, 11) is 1.86. The molecule has 98 valence electrons. The third kappa shape index (κ3) is 1.31. The van der Waals surface area contributed by atoms with Gasteiger partial charge in [-0.3, -0.25) is 9.48 Å². The topological polar surface area (TPSA) is 80.9 Å². The van der Waals surface area contributed by atoms with E-state index in [1.807, 2.05) is 7.05 Å². The first-order valence-corrected chi connectivity index (χ1v) is 6.39. The fourth-order valence-electron chi connectivity index (χ4n) is 3.80. The maximum absolute atomic E-state index is 11.1. The molecule has 0 unspecified atom stereocenters. The number of aromatic nitrogens is 4. The molecule has 2 bridgehead atoms. The first kappa shape index (κ1) is 10.9. The van der Waals surface area contributed by atoms with E-state index in [4.69, 9.17) is 5.11 Å². The van der Waals surface area contributed by atoms with E-state index in [0.717, 1.165) is 42.5 Å². The predicted molar refractivity (Wildman–Crippen MR) is 66.4 cm³/mol. The number of carbonyl (C=O) groups is 1. The molecule has 3 saturated carbocycles. The van der Waals surface area contributed by atoms with Gasteiger partial charge in [0.2, 0.25) is 0 Å². The molecule has 5 rings (SSSR count). The molecule has 3 fully saturated rings. The highest BCUT2D eigenvalue weighted by Crippen LogP contribution is 2.74. The number of aliphatic carboxylic acids is 1. The number of carboxylic acids is 1. The van der Waals surface area contributed by atoms with Crippen LogP contribution in [-0.4, -0.2) is 30.8 Å². The van der Waals surface area contributed by atoms with Crippen molar-refractivity contribution in [2.24, 2.45) is 17.9 Å². The Morgan fingerprint density at radius 2 is 2.16 bits per heavy atom. The van der Waals surface area contributed by atoms with Gasteiger partial charge in [-0.2, -0.15) is 5.10 Å². The van der Waals surface area contributed by atoms with Crippen LogP contribution in [0.1, 0.15) is 25.1 Å². The minimum Gasteiger partial charge on any atom is -0.481 e. The van der Waals surface area contributed by atoms with Gasteiger partial charge in [-0.25, -0.2) is 9.97 Å². The predicted octanol–water partition coefficient (Wildman–Crippen LogP) is 1.16. The Kier molecular flexibility index (Phi) is 1.79. The molecule has 6 nitrogen and oxygen atoms in total. The third-order valence-electron chi connectivity index (χ3n) is 4.65. The van der Waals surface area contributed by atoms with Crippen molar-refractivity contribution < 1.29 is 9.90 Å². The van der Waals surface area contributed by atoms with Gasteiger partial charge in [0, 0.05) is 19.7 Å². The molecule has 0 aromatic carbocycles. The summed E-state index contributed by atoms with van der Waals surface area (Å²) in [5, 5.41) is 14.2. The van der Waals surface area contributed by atoms with Gasteiger partial charge in [0.1, 0.15) is 5.82 Å². The third-order valence-corrected chi connectivity index (χ3v) is 4.65. The van der Waals surface area contributed by atoms with Gasteiger partial charge in [0.05, 0.1) is 17.0 Å². The summed E-state index contributed by atoms with van der Waals surface area (Å²) in [6.45, 7) is 0. The molecule has 3 aliphatic carbocycles. The zero-order valence-corrected chi connectivity index (χ0v) is 10.6. The standard InChI is InChI=1S/C13H14N4O2/c1-17-10-8(4-15-17)3-14-9(16-10)2-12-5-13(6-12,7-12)11(18)19/h3-4H,2,5-7H2,1H3,(H,18,19). The Hall–Kier alpha value is -1.98. The lowest BCUT2D eigenvalue weighted by Crippen LogP contribution is -2.66. The fourth-order valence-corrected chi connectivity index (χ4v) is 3.80. The molecule has 0 amide bonds. The van der Waals surface area contributed by atoms with Gasteiger partial charge in [-0.1, -0.05) is 0 Å². The largest absolute Gasteiger partial charge is 0.481 e. The van der Waals surface area contributed by atoms with Crippen LogP contribution in [0.4, 0.5) is 0 Å². The quantitative estimate of drug-likeness (QED) is 0.893. The monoisotopic (exact) mass is 258 g/mol. The molecule has 2 heterocycles. The van der Waals surface area contributed by atoms with Crippen molar-refractivity contribution in [3.8, 4) is 0 Å². The molecule has 3 aliphatic rings. The fraction of sp³-hybridized carbons (Fsp3) is 0.538. The molecule has 0 radical (unpaired) electrons. The zero-order chi connectivity index (χ0) is 13.3. The smallest absolute Gasteiger partial charge is 0.309 e. The van der Waals surface area contributed by atoms with E-state index in [1.165, 1.54) is 0 Å². The summed E-state index contributed by atoms with van der Waals surface area (Å²) in [5.41, 5.74) is 0.561. The molecule has 0 saturated heterocycles. The van der Waals surface area contributed by atoms with Crippen molar-refractivity contribution in [3.63, 3.8) is 0 Å². The normalized spacial score (nSPS) is 31.8. The average molecular weight is 258 g/mol. The molecular formula is C13H14N4O2. The lowest BCUT2D eigenvalue weighted by Gasteiger charge is -2.68. The lowest BCUT2D eigenvalue weighted by molar-refractivity contribution is -0.222. The number of hydrogen-bond donors (Lipinski definition) is 1. The second-order valence-corrected chi connectivity index (χ2v) is 6.13. The molecule has 6 heteroatoms. The van der Waals surface area contributed by atoms with Crippen LogP contribution in [0.25, 0.3) is 11.0 Å². The molecular weight excluding hydrogens is 244 g/mol. The van der Waals surface area contributed by atoms with Crippen molar-refractivity contribution in [2.45, 2.75) is 25.7 Å². The molecule has 2 aromatic heterocycles. The van der Waals surface area contributed by atoms with Crippen molar-refractivity contribution in [3.05, 3.63) is 18.2 Å². The minimum absolute atomic E-state index is 0.144. The van der Waals surface area contributed by atoms with Crippen molar-refractivity contribution in [1.29, 1.82) is 0 Å². The first-order valence-electron chi connectivity index (χ1n) is 6.39. The Bertz CT molecular complexity index is 686. The van der Waals surface area contributed by atoms with Gasteiger partial charge in [-0.15, -0.1) is 0 Å². The Balaban J connectivity index is 1.57. The van der Waals surface area contributed by atoms with Crippen LogP contribution >= 0.6 is 0 Å². The van der Waals surface area contributed by atoms with Crippen LogP contribution in [0.3, 0.4) is 0 Å². The Morgan fingerprint density at radius 1 is 1.42 bits per heavy atom. The van der Waals surface area contributed by atoms with E-state index in [0.29, 0.717) is 0 Å². The van der Waals surface area contributed by atoms with Gasteiger partial charge >= 0.3 is 5.97 Å². The minimum atomic E-state index is -0.641. The lowest BCUT2D eigenvalue weighted by atomic mass is 9.34. The van der Waals surface area contributed by atoms with Crippen LogP contribution in [0, 0.1) is 10.8 Å². The zero-order valence-electron chi connectivity index (χ0n) is 10.6. The SMILES string of the molecule is Cn1ncc2cnc(CC34CC(C(=O)O)(C3)C4)nc21. The second kappa shape index (κ2) is 3.12. The molecule has 19 heavy (non-hydrogen) atoms. The number of hydrogen-bond acceptors (Lipinski definition) is 4. The summed E-state index contributed by atoms with van der Waals surface area (Å²) in [5.74, 6) is 0.159. The van der Waals surface area contributed by atoms with Crippen LogP contribution in [0.5, 0.6) is 0 Å². The van der Waals surface area contributed by atoms with Crippen molar-refractivity contribution in [1.82, 2.24) is 19.7 Å². The second-order valence-electron chi connectivity index (χ2n) is 6.13. The highest BCUT2D eigenvalue weighted by molar-refractivity contribution is 5.79. The maximum atomic E-state index is 11.1. The average Bonchev–Trinajstić information content (AvgIpc) is 2.63. The van der Waals surface area contributed by atoms with E-state index in [1.54, 1.807) is 17.1 Å². The number of nitrogens with zero attached hydrogens (tertiary/aromatic N) is 4. The molecule has 0 spiro atoms. The number of fused-ring (bicyclic) bond motifs is 1. The highest BCUT2D eigenvalue weighted by Gasteiger charge is 2.71.